The van der Waals surface area contributed by atoms with Crippen LogP contribution in [-0.2, 0) is 23.0 Å². The first-order chi connectivity index (χ1) is 16.9. The fourth-order valence-electron chi connectivity index (χ4n) is 5.16. The van der Waals surface area contributed by atoms with Gasteiger partial charge in [-0.05, 0) is 52.0 Å². The third-order valence-corrected chi connectivity index (χ3v) is 9.35. The number of nitrogens with zero attached hydrogens (tertiary/aromatic N) is 4. The van der Waals surface area contributed by atoms with Crippen LogP contribution in [0.25, 0.3) is 0 Å². The maximum Gasteiger partial charge on any atom is 0.273 e. The minimum atomic E-state index is -4.18. The molecule has 3 atom stereocenters. The molecule has 2 aromatic rings. The van der Waals surface area contributed by atoms with Crippen molar-refractivity contribution in [3.8, 4) is 6.07 Å². The first kappa shape index (κ1) is 26.5. The predicted molar refractivity (Wildman–Crippen MR) is 128 cm³/mol. The number of pyridine rings is 1. The first-order valence-corrected chi connectivity index (χ1v) is 13.4. The molecular formula is C23H27ClFN5O5S. The standard InChI is InChI=1S/C23H27ClFN5O5S/c1-13-5-6-16(10-23(2,33)12-31)30(13)36(34,35)21-17-4-3-7-29(17)20(19(21)24)22(32)28-14-8-15(11-26)27-18(25)9-14/h8-9,13,16,31,33H,3-7,10,12H2,1-2H3,(H,27,28,32). The average Bonchev–Trinajstić information content (AvgIpc) is 3.46. The summed E-state index contributed by atoms with van der Waals surface area (Å²) in [6, 6.07) is 2.93. The molecule has 1 fully saturated rings. The van der Waals surface area contributed by atoms with E-state index in [1.807, 2.05) is 0 Å². The van der Waals surface area contributed by atoms with Gasteiger partial charge in [0.1, 0.15) is 22.4 Å². The van der Waals surface area contributed by atoms with Crippen LogP contribution < -0.4 is 5.32 Å². The largest absolute Gasteiger partial charge is 0.393 e. The Morgan fingerprint density at radius 2 is 2.14 bits per heavy atom. The maximum absolute atomic E-state index is 14.0. The van der Waals surface area contributed by atoms with Crippen molar-refractivity contribution in [1.82, 2.24) is 13.9 Å². The Hall–Kier alpha value is -2.56. The van der Waals surface area contributed by atoms with Crippen molar-refractivity contribution in [2.75, 3.05) is 11.9 Å². The highest BCUT2D eigenvalue weighted by Crippen LogP contribution is 2.42. The molecule has 4 heterocycles. The summed E-state index contributed by atoms with van der Waals surface area (Å²) >= 11 is 6.60. The number of anilines is 1. The van der Waals surface area contributed by atoms with Crippen LogP contribution in [0.4, 0.5) is 10.1 Å². The molecule has 2 aliphatic rings. The van der Waals surface area contributed by atoms with E-state index in [-0.39, 0.29) is 39.5 Å². The SMILES string of the molecule is CC1CCC(CC(C)(O)CO)N1S(=O)(=O)c1c(Cl)c(C(=O)Nc2cc(F)nc(C#N)c2)n2c1CCC2. The second kappa shape index (κ2) is 9.72. The molecule has 36 heavy (non-hydrogen) atoms. The molecular weight excluding hydrogens is 513 g/mol. The van der Waals surface area contributed by atoms with E-state index in [1.165, 1.54) is 17.3 Å². The van der Waals surface area contributed by atoms with Gasteiger partial charge < -0.3 is 20.1 Å². The van der Waals surface area contributed by atoms with Crippen molar-refractivity contribution >= 4 is 33.2 Å². The summed E-state index contributed by atoms with van der Waals surface area (Å²) < 4.78 is 44.6. The fraction of sp³-hybridized carbons (Fsp3) is 0.522. The summed E-state index contributed by atoms with van der Waals surface area (Å²) in [5.41, 5.74) is -1.35. The molecule has 0 radical (unpaired) electrons. The molecule has 0 spiro atoms. The van der Waals surface area contributed by atoms with Crippen LogP contribution in [0.3, 0.4) is 0 Å². The van der Waals surface area contributed by atoms with Crippen LogP contribution in [0, 0.1) is 17.3 Å². The zero-order chi connectivity index (χ0) is 26.4. The summed E-state index contributed by atoms with van der Waals surface area (Å²) in [6.45, 7) is 3.08. The minimum absolute atomic E-state index is 0.0162. The molecule has 2 aliphatic heterocycles. The van der Waals surface area contributed by atoms with Crippen molar-refractivity contribution in [3.63, 3.8) is 0 Å². The number of carbonyl (C=O) groups is 1. The summed E-state index contributed by atoms with van der Waals surface area (Å²) in [5.74, 6) is -1.69. The number of aliphatic hydroxyl groups is 2. The number of aliphatic hydroxyl groups excluding tert-OH is 1. The van der Waals surface area contributed by atoms with Crippen molar-refractivity contribution in [3.05, 3.63) is 40.2 Å². The molecule has 0 aromatic carbocycles. The number of rotatable bonds is 7. The van der Waals surface area contributed by atoms with Crippen LogP contribution in [-0.4, -0.2) is 62.7 Å². The molecule has 2 aromatic heterocycles. The minimum Gasteiger partial charge on any atom is -0.393 e. The van der Waals surface area contributed by atoms with Gasteiger partial charge in [-0.25, -0.2) is 13.4 Å². The van der Waals surface area contributed by atoms with E-state index in [4.69, 9.17) is 16.9 Å². The van der Waals surface area contributed by atoms with Crippen molar-refractivity contribution in [2.45, 2.75) is 75.1 Å². The third kappa shape index (κ3) is 4.73. The number of hydrogen-bond donors (Lipinski definition) is 3. The molecule has 1 amide bonds. The lowest BCUT2D eigenvalue weighted by Crippen LogP contribution is -2.45. The number of sulfonamides is 1. The number of amides is 1. The lowest BCUT2D eigenvalue weighted by atomic mass is 9.97. The second-order valence-corrected chi connectivity index (χ2v) is 11.8. The van der Waals surface area contributed by atoms with E-state index in [1.54, 1.807) is 17.6 Å². The Morgan fingerprint density at radius 1 is 1.42 bits per heavy atom. The predicted octanol–water partition coefficient (Wildman–Crippen LogP) is 2.42. The van der Waals surface area contributed by atoms with Gasteiger partial charge in [0.2, 0.25) is 16.0 Å². The molecule has 1 saturated heterocycles. The highest BCUT2D eigenvalue weighted by molar-refractivity contribution is 7.89. The zero-order valence-corrected chi connectivity index (χ0v) is 21.4. The Bertz CT molecular complexity index is 1350. The molecule has 3 unspecified atom stereocenters. The van der Waals surface area contributed by atoms with Gasteiger partial charge in [0.15, 0.2) is 0 Å². The van der Waals surface area contributed by atoms with Gasteiger partial charge in [0.05, 0.1) is 17.2 Å². The number of nitrogens with one attached hydrogen (secondary N) is 1. The average molecular weight is 540 g/mol. The Labute approximate surface area is 213 Å². The van der Waals surface area contributed by atoms with Crippen LogP contribution in [0.2, 0.25) is 5.02 Å². The van der Waals surface area contributed by atoms with Crippen LogP contribution in [0.1, 0.15) is 61.4 Å². The molecule has 3 N–H and O–H groups in total. The zero-order valence-electron chi connectivity index (χ0n) is 19.8. The molecule has 194 valence electrons. The molecule has 0 aliphatic carbocycles. The number of carbonyl (C=O) groups excluding carboxylic acids is 1. The molecule has 10 nitrogen and oxygen atoms in total. The van der Waals surface area contributed by atoms with Gasteiger partial charge in [-0.3, -0.25) is 4.79 Å². The molecule has 13 heteroatoms. The number of nitriles is 1. The van der Waals surface area contributed by atoms with E-state index in [0.29, 0.717) is 37.9 Å². The monoisotopic (exact) mass is 539 g/mol. The Morgan fingerprint density at radius 3 is 2.81 bits per heavy atom. The quantitative estimate of drug-likeness (QED) is 0.457. The lowest BCUT2D eigenvalue weighted by Gasteiger charge is -2.32. The highest BCUT2D eigenvalue weighted by atomic mass is 35.5. The van der Waals surface area contributed by atoms with Crippen LogP contribution >= 0.6 is 11.6 Å². The Kier molecular flexibility index (Phi) is 7.15. The van der Waals surface area contributed by atoms with Crippen molar-refractivity contribution in [1.29, 1.82) is 5.26 Å². The fourth-order valence-corrected chi connectivity index (χ4v) is 7.95. The van der Waals surface area contributed by atoms with E-state index < -0.39 is 40.1 Å². The third-order valence-electron chi connectivity index (χ3n) is 6.71. The lowest BCUT2D eigenvalue weighted by molar-refractivity contribution is -0.0169. The normalized spacial score (nSPS) is 21.7. The summed E-state index contributed by atoms with van der Waals surface area (Å²) in [7, 11) is -4.18. The van der Waals surface area contributed by atoms with Gasteiger partial charge in [0.25, 0.3) is 5.91 Å². The first-order valence-electron chi connectivity index (χ1n) is 11.6. The topological polar surface area (TPSA) is 149 Å². The van der Waals surface area contributed by atoms with Gasteiger partial charge in [-0.1, -0.05) is 11.6 Å². The van der Waals surface area contributed by atoms with E-state index in [0.717, 1.165) is 6.07 Å². The van der Waals surface area contributed by atoms with E-state index in [9.17, 15) is 27.8 Å². The van der Waals surface area contributed by atoms with Crippen molar-refractivity contribution in [2.24, 2.45) is 0 Å². The summed E-state index contributed by atoms with van der Waals surface area (Å²) in [5, 5.41) is 31.2. The van der Waals surface area contributed by atoms with E-state index >= 15 is 0 Å². The van der Waals surface area contributed by atoms with Crippen molar-refractivity contribution < 1.29 is 27.8 Å². The highest BCUT2D eigenvalue weighted by Gasteiger charge is 2.46. The summed E-state index contributed by atoms with van der Waals surface area (Å²) in [4.78, 5) is 16.5. The molecule has 0 saturated carbocycles. The smallest absolute Gasteiger partial charge is 0.273 e. The van der Waals surface area contributed by atoms with Gasteiger partial charge in [-0.15, -0.1) is 0 Å². The number of aromatic nitrogens is 2. The van der Waals surface area contributed by atoms with Gasteiger partial charge >= 0.3 is 0 Å². The second-order valence-electron chi connectivity index (χ2n) is 9.60. The van der Waals surface area contributed by atoms with Crippen LogP contribution in [0.5, 0.6) is 0 Å². The number of fused-ring (bicyclic) bond motifs is 1. The Balaban J connectivity index is 1.74. The molecule has 4 rings (SSSR count). The maximum atomic E-state index is 14.0. The van der Waals surface area contributed by atoms with E-state index in [2.05, 4.69) is 10.3 Å². The van der Waals surface area contributed by atoms with Gasteiger partial charge in [0, 0.05) is 36.1 Å². The number of halogens is 2. The van der Waals surface area contributed by atoms with Gasteiger partial charge in [-0.2, -0.15) is 14.0 Å². The van der Waals surface area contributed by atoms with Crippen LogP contribution in [0.15, 0.2) is 17.0 Å². The molecule has 0 bridgehead atoms. The number of hydrogen-bond acceptors (Lipinski definition) is 7. The summed E-state index contributed by atoms with van der Waals surface area (Å²) in [6.07, 6.45) is 2.12.